The quantitative estimate of drug-likeness (QED) is 0.156. The molecule has 0 N–H and O–H groups in total. The van der Waals surface area contributed by atoms with Crippen LogP contribution < -0.4 is 20.7 Å². The molecular formula is C52H42N2Si2. The minimum atomic E-state index is -2.07. The average molecular weight is 751 g/mol. The van der Waals surface area contributed by atoms with E-state index in [-0.39, 0.29) is 0 Å². The van der Waals surface area contributed by atoms with Gasteiger partial charge < -0.3 is 9.13 Å². The number of aryl methyl sites for hydroxylation is 2. The predicted molar refractivity (Wildman–Crippen MR) is 247 cm³/mol. The molecule has 0 fully saturated rings. The number of hydrogen-bond donors (Lipinski definition) is 0. The second kappa shape index (κ2) is 10.9. The second-order valence-electron chi connectivity index (χ2n) is 17.5. The second-order valence-corrected chi connectivity index (χ2v) is 26.1. The molecule has 0 saturated heterocycles. The van der Waals surface area contributed by atoms with Crippen molar-refractivity contribution in [1.29, 1.82) is 0 Å². The van der Waals surface area contributed by atoms with E-state index >= 15 is 0 Å². The van der Waals surface area contributed by atoms with E-state index in [9.17, 15) is 0 Å². The number of rotatable bonds is 2. The third-order valence-corrected chi connectivity index (χ3v) is 21.0. The van der Waals surface area contributed by atoms with Gasteiger partial charge in [-0.3, -0.25) is 0 Å². The number of benzene rings is 8. The van der Waals surface area contributed by atoms with Gasteiger partial charge in [0.2, 0.25) is 0 Å². The first kappa shape index (κ1) is 32.3. The highest BCUT2D eigenvalue weighted by molar-refractivity contribution is 7.05. The molecule has 0 bridgehead atoms. The van der Waals surface area contributed by atoms with Crippen molar-refractivity contribution < 1.29 is 0 Å². The lowest BCUT2D eigenvalue weighted by molar-refractivity contribution is 1.01. The van der Waals surface area contributed by atoms with Crippen LogP contribution in [0.25, 0.3) is 98.9 Å². The molecule has 4 heteroatoms. The Kier molecular flexibility index (Phi) is 6.28. The molecule has 0 aliphatic carbocycles. The van der Waals surface area contributed by atoms with Gasteiger partial charge in [0.25, 0.3) is 0 Å². The molecule has 0 atom stereocenters. The van der Waals surface area contributed by atoms with Crippen molar-refractivity contribution in [3.05, 3.63) is 146 Å². The van der Waals surface area contributed by atoms with Gasteiger partial charge in [0.1, 0.15) is 16.1 Å². The topological polar surface area (TPSA) is 9.86 Å². The molecule has 0 unspecified atom stereocenters. The summed E-state index contributed by atoms with van der Waals surface area (Å²) in [6.07, 6.45) is 0. The Morgan fingerprint density at radius 3 is 1.41 bits per heavy atom. The fourth-order valence-electron chi connectivity index (χ4n) is 10.9. The SMILES string of the molecule is Cn1c2ccccc2c2cc(-c3ccc4c(c3)[Si](C)(C)c3cc5c6c(cccc6c3-4)[Si](C)(C)c3cc(-c4ccc6c(c4)c4ccccc4n6C)ccc3-5)ccc21. The fraction of sp³-hybridized carbons (Fsp3) is 0.115. The van der Waals surface area contributed by atoms with Crippen LogP contribution in [0.2, 0.25) is 26.2 Å². The maximum absolute atomic E-state index is 2.64. The monoisotopic (exact) mass is 750 g/mol. The molecule has 8 aromatic carbocycles. The van der Waals surface area contributed by atoms with Crippen LogP contribution >= 0.6 is 0 Å². The zero-order valence-electron chi connectivity index (χ0n) is 32.8. The van der Waals surface area contributed by atoms with Crippen LogP contribution in [0.1, 0.15) is 0 Å². The molecule has 12 rings (SSSR count). The van der Waals surface area contributed by atoms with Crippen LogP contribution in [0.15, 0.2) is 146 Å². The van der Waals surface area contributed by atoms with Crippen LogP contribution in [0, 0.1) is 0 Å². The van der Waals surface area contributed by atoms with Crippen molar-refractivity contribution in [3.8, 4) is 44.5 Å². The van der Waals surface area contributed by atoms with Crippen molar-refractivity contribution in [1.82, 2.24) is 9.13 Å². The van der Waals surface area contributed by atoms with Crippen molar-refractivity contribution in [2.24, 2.45) is 14.1 Å². The highest BCUT2D eigenvalue weighted by Crippen LogP contribution is 2.43. The lowest BCUT2D eigenvalue weighted by Gasteiger charge is -2.35. The highest BCUT2D eigenvalue weighted by atomic mass is 28.3. The summed E-state index contributed by atoms with van der Waals surface area (Å²) in [6.45, 7) is 10.3. The van der Waals surface area contributed by atoms with Gasteiger partial charge in [0, 0.05) is 57.7 Å². The van der Waals surface area contributed by atoms with Crippen LogP contribution in [0.4, 0.5) is 0 Å². The van der Waals surface area contributed by atoms with Crippen LogP contribution in [0.3, 0.4) is 0 Å². The van der Waals surface area contributed by atoms with E-state index in [1.165, 1.54) is 98.9 Å². The normalized spacial score (nSPS) is 14.9. The third-order valence-electron chi connectivity index (χ3n) is 13.9. The van der Waals surface area contributed by atoms with Crippen molar-refractivity contribution in [2.45, 2.75) is 26.2 Å². The molecule has 0 spiro atoms. The number of fused-ring (bicyclic) bond motifs is 12. The smallest absolute Gasteiger partial charge is 0.113 e. The van der Waals surface area contributed by atoms with E-state index in [0.717, 1.165) is 0 Å². The Morgan fingerprint density at radius 1 is 0.339 bits per heavy atom. The predicted octanol–water partition coefficient (Wildman–Crippen LogP) is 11.1. The first-order valence-corrected chi connectivity index (χ1v) is 26.0. The summed E-state index contributed by atoms with van der Waals surface area (Å²) in [5, 5.41) is 14.5. The molecule has 4 heterocycles. The first-order chi connectivity index (χ1) is 27.1. The Hall–Kier alpha value is -5.95. The Balaban J connectivity index is 1.02. The van der Waals surface area contributed by atoms with Gasteiger partial charge in [-0.25, -0.2) is 0 Å². The molecule has 268 valence electrons. The number of hydrogen-bond acceptors (Lipinski definition) is 0. The summed E-state index contributed by atoms with van der Waals surface area (Å²) < 4.78 is 4.64. The van der Waals surface area contributed by atoms with Crippen LogP contribution in [-0.4, -0.2) is 25.3 Å². The molecule has 2 aliphatic rings. The lowest BCUT2D eigenvalue weighted by atomic mass is 9.90. The standard InChI is InChI=1S/C52H42N2Si2/c1-53-43-15-9-7-12-35(43)40-26-31(20-24-45(40)53)33-18-22-37-42-30-50-51(39-14-11-17-47(52(39)42)55(3,4)48(37)28-33)38-23-19-34(29-49(38)56(50,5)6)32-21-25-46-41(27-32)36-13-8-10-16-44(36)54(46)2/h7-30H,1-6H3. The van der Waals surface area contributed by atoms with E-state index in [4.69, 9.17) is 0 Å². The Morgan fingerprint density at radius 2 is 0.804 bits per heavy atom. The molecule has 56 heavy (non-hydrogen) atoms. The minimum Gasteiger partial charge on any atom is -0.344 e. The van der Waals surface area contributed by atoms with Gasteiger partial charge in [0.15, 0.2) is 0 Å². The van der Waals surface area contributed by atoms with Gasteiger partial charge in [0.05, 0.1) is 0 Å². The van der Waals surface area contributed by atoms with Crippen molar-refractivity contribution in [2.75, 3.05) is 0 Å². The van der Waals surface area contributed by atoms with E-state index in [0.29, 0.717) is 0 Å². The number of para-hydroxylation sites is 2. The lowest BCUT2D eigenvalue weighted by Crippen LogP contribution is -2.56. The largest absolute Gasteiger partial charge is 0.344 e. The van der Waals surface area contributed by atoms with Gasteiger partial charge in [-0.1, -0.05) is 135 Å². The maximum Gasteiger partial charge on any atom is 0.113 e. The van der Waals surface area contributed by atoms with Gasteiger partial charge in [-0.15, -0.1) is 0 Å². The molecule has 10 aromatic rings. The maximum atomic E-state index is 2.64. The Bertz CT molecular complexity index is 3390. The van der Waals surface area contributed by atoms with Crippen molar-refractivity contribution >= 4 is 91.3 Å². The number of aromatic nitrogens is 2. The van der Waals surface area contributed by atoms with E-state index < -0.39 is 16.1 Å². The van der Waals surface area contributed by atoms with Gasteiger partial charge >= 0.3 is 0 Å². The zero-order chi connectivity index (χ0) is 37.8. The van der Waals surface area contributed by atoms with Gasteiger partial charge in [-0.05, 0) is 112 Å². The Labute approximate surface area is 329 Å². The van der Waals surface area contributed by atoms with Crippen LogP contribution in [-0.2, 0) is 14.1 Å². The summed E-state index contributed by atoms with van der Waals surface area (Å²) in [4.78, 5) is 0. The minimum absolute atomic E-state index is 1.28. The molecule has 0 radical (unpaired) electrons. The number of nitrogens with zero attached hydrogens (tertiary/aromatic N) is 2. The molecule has 2 nitrogen and oxygen atoms in total. The summed E-state index contributed by atoms with van der Waals surface area (Å²) >= 11 is 0. The highest BCUT2D eigenvalue weighted by Gasteiger charge is 2.42. The van der Waals surface area contributed by atoms with Crippen LogP contribution in [0.5, 0.6) is 0 Å². The molecular weight excluding hydrogens is 709 g/mol. The summed E-state index contributed by atoms with van der Waals surface area (Å²) in [5.41, 5.74) is 16.1. The van der Waals surface area contributed by atoms with E-state index in [1.807, 2.05) is 0 Å². The van der Waals surface area contributed by atoms with Gasteiger partial charge in [-0.2, -0.15) is 0 Å². The molecule has 0 saturated carbocycles. The average Bonchev–Trinajstić information content (AvgIpc) is 3.77. The van der Waals surface area contributed by atoms with Crippen molar-refractivity contribution in [3.63, 3.8) is 0 Å². The zero-order valence-corrected chi connectivity index (χ0v) is 34.8. The summed E-state index contributed by atoms with van der Waals surface area (Å²) in [6, 6.07) is 56.3. The third kappa shape index (κ3) is 4.05. The molecule has 0 amide bonds. The first-order valence-electron chi connectivity index (χ1n) is 20.0. The van der Waals surface area contributed by atoms with E-state index in [2.05, 4.69) is 195 Å². The van der Waals surface area contributed by atoms with E-state index in [1.54, 1.807) is 20.7 Å². The summed E-state index contributed by atoms with van der Waals surface area (Å²) in [7, 11) is 0.234. The summed E-state index contributed by atoms with van der Waals surface area (Å²) in [5.74, 6) is 0. The molecule has 2 aliphatic heterocycles. The molecule has 2 aromatic heterocycles. The fourth-order valence-corrected chi connectivity index (χ4v) is 17.1.